The van der Waals surface area contributed by atoms with Gasteiger partial charge < -0.3 is 10.6 Å². The lowest BCUT2D eigenvalue weighted by Crippen LogP contribution is -2.16. The van der Waals surface area contributed by atoms with Crippen LogP contribution in [0.4, 0.5) is 5.69 Å². The lowest BCUT2D eigenvalue weighted by Gasteiger charge is -2.08. The standard InChI is InChI=1S/C9H12N2O2/c1-6(9(12)13-11)7-2-4-8(10)5-3-7/h2-6H,10-11H2,1H3. The summed E-state index contributed by atoms with van der Waals surface area (Å²) in [6.45, 7) is 1.72. The highest BCUT2D eigenvalue weighted by Gasteiger charge is 2.15. The number of nitrogen functional groups attached to an aromatic ring is 1. The number of carbonyl (C=O) groups is 1. The van der Waals surface area contributed by atoms with Gasteiger partial charge in [-0.15, -0.1) is 0 Å². The second kappa shape index (κ2) is 3.91. The van der Waals surface area contributed by atoms with Gasteiger partial charge in [-0.3, -0.25) is 0 Å². The van der Waals surface area contributed by atoms with E-state index in [4.69, 9.17) is 11.6 Å². The Labute approximate surface area is 76.4 Å². The van der Waals surface area contributed by atoms with Crippen molar-refractivity contribution in [2.24, 2.45) is 5.90 Å². The summed E-state index contributed by atoms with van der Waals surface area (Å²) in [4.78, 5) is 15.1. The van der Waals surface area contributed by atoms with Gasteiger partial charge in [0.15, 0.2) is 0 Å². The molecule has 0 aliphatic heterocycles. The maximum Gasteiger partial charge on any atom is 0.331 e. The fraction of sp³-hybridized carbons (Fsp3) is 0.222. The number of benzene rings is 1. The number of carbonyl (C=O) groups excluding carboxylic acids is 1. The van der Waals surface area contributed by atoms with Gasteiger partial charge >= 0.3 is 5.97 Å². The van der Waals surface area contributed by atoms with E-state index in [0.29, 0.717) is 5.69 Å². The van der Waals surface area contributed by atoms with Crippen molar-refractivity contribution in [2.75, 3.05) is 5.73 Å². The Morgan fingerprint density at radius 1 is 1.38 bits per heavy atom. The Hall–Kier alpha value is -1.55. The lowest BCUT2D eigenvalue weighted by molar-refractivity contribution is -0.145. The van der Waals surface area contributed by atoms with Gasteiger partial charge in [-0.2, -0.15) is 5.90 Å². The normalized spacial score (nSPS) is 12.2. The summed E-state index contributed by atoms with van der Waals surface area (Å²) in [6.07, 6.45) is 0. The first-order chi connectivity index (χ1) is 6.15. The molecular formula is C9H12N2O2. The molecule has 70 valence electrons. The molecule has 0 amide bonds. The van der Waals surface area contributed by atoms with Gasteiger partial charge in [-0.25, -0.2) is 4.79 Å². The summed E-state index contributed by atoms with van der Waals surface area (Å²) >= 11 is 0. The molecule has 0 aliphatic carbocycles. The smallest absolute Gasteiger partial charge is 0.331 e. The summed E-state index contributed by atoms with van der Waals surface area (Å²) in [6, 6.07) is 7.01. The molecule has 0 radical (unpaired) electrons. The van der Waals surface area contributed by atoms with Gasteiger partial charge in [-0.05, 0) is 24.6 Å². The van der Waals surface area contributed by atoms with Crippen molar-refractivity contribution in [2.45, 2.75) is 12.8 Å². The van der Waals surface area contributed by atoms with Crippen molar-refractivity contribution in [1.29, 1.82) is 0 Å². The topological polar surface area (TPSA) is 78.3 Å². The highest BCUT2D eigenvalue weighted by atomic mass is 16.7. The van der Waals surface area contributed by atoms with E-state index >= 15 is 0 Å². The van der Waals surface area contributed by atoms with Gasteiger partial charge in [0.25, 0.3) is 0 Å². The molecule has 1 rings (SSSR count). The van der Waals surface area contributed by atoms with E-state index in [9.17, 15) is 4.79 Å². The number of hydrogen-bond acceptors (Lipinski definition) is 4. The molecule has 0 fully saturated rings. The Morgan fingerprint density at radius 2 is 1.92 bits per heavy atom. The van der Waals surface area contributed by atoms with E-state index in [2.05, 4.69) is 4.84 Å². The van der Waals surface area contributed by atoms with Crippen LogP contribution in [0.2, 0.25) is 0 Å². The summed E-state index contributed by atoms with van der Waals surface area (Å²) in [5, 5.41) is 0. The quantitative estimate of drug-likeness (QED) is 0.521. The summed E-state index contributed by atoms with van der Waals surface area (Å²) in [7, 11) is 0. The van der Waals surface area contributed by atoms with E-state index < -0.39 is 5.97 Å². The van der Waals surface area contributed by atoms with Gasteiger partial charge in [0.2, 0.25) is 0 Å². The molecule has 0 saturated heterocycles. The zero-order valence-corrected chi connectivity index (χ0v) is 7.36. The van der Waals surface area contributed by atoms with Crippen LogP contribution in [-0.2, 0) is 9.63 Å². The second-order valence-corrected chi connectivity index (χ2v) is 2.83. The Balaban J connectivity index is 2.83. The molecule has 0 heterocycles. The van der Waals surface area contributed by atoms with Gasteiger partial charge in [-0.1, -0.05) is 12.1 Å². The third-order valence-electron chi connectivity index (χ3n) is 1.91. The van der Waals surface area contributed by atoms with Gasteiger partial charge in [0.1, 0.15) is 0 Å². The van der Waals surface area contributed by atoms with Crippen molar-refractivity contribution in [3.8, 4) is 0 Å². The first-order valence-electron chi connectivity index (χ1n) is 3.91. The first-order valence-corrected chi connectivity index (χ1v) is 3.91. The molecule has 4 nitrogen and oxygen atoms in total. The second-order valence-electron chi connectivity index (χ2n) is 2.83. The predicted octanol–water partition coefficient (Wildman–Crippen LogP) is 0.789. The Bertz CT molecular complexity index is 295. The molecule has 1 unspecified atom stereocenters. The lowest BCUT2D eigenvalue weighted by atomic mass is 10.0. The first kappa shape index (κ1) is 9.54. The average molecular weight is 180 g/mol. The summed E-state index contributed by atoms with van der Waals surface area (Å²) in [5.41, 5.74) is 7.00. The van der Waals surface area contributed by atoms with E-state index in [-0.39, 0.29) is 5.92 Å². The Morgan fingerprint density at radius 3 is 2.38 bits per heavy atom. The fourth-order valence-electron chi connectivity index (χ4n) is 1.02. The maximum absolute atomic E-state index is 11.0. The molecule has 0 spiro atoms. The fourth-order valence-corrected chi connectivity index (χ4v) is 1.02. The number of nitrogens with two attached hydrogens (primary N) is 2. The third kappa shape index (κ3) is 2.19. The summed E-state index contributed by atoms with van der Waals surface area (Å²) < 4.78 is 0. The molecule has 1 aromatic carbocycles. The maximum atomic E-state index is 11.0. The third-order valence-corrected chi connectivity index (χ3v) is 1.91. The van der Waals surface area contributed by atoms with Crippen LogP contribution in [0.15, 0.2) is 24.3 Å². The van der Waals surface area contributed by atoms with Crippen LogP contribution in [0, 0.1) is 0 Å². The molecule has 1 aromatic rings. The molecule has 4 N–H and O–H groups in total. The number of rotatable bonds is 2. The number of hydrogen-bond donors (Lipinski definition) is 2. The van der Waals surface area contributed by atoms with E-state index in [1.165, 1.54) is 0 Å². The van der Waals surface area contributed by atoms with Crippen LogP contribution in [0.1, 0.15) is 18.4 Å². The minimum atomic E-state index is -0.454. The largest absolute Gasteiger partial charge is 0.399 e. The molecule has 0 bridgehead atoms. The van der Waals surface area contributed by atoms with Crippen LogP contribution in [0.5, 0.6) is 0 Å². The van der Waals surface area contributed by atoms with Crippen LogP contribution in [-0.4, -0.2) is 5.97 Å². The minimum absolute atomic E-state index is 0.356. The van der Waals surface area contributed by atoms with Gasteiger partial charge in [0, 0.05) is 5.69 Å². The zero-order chi connectivity index (χ0) is 9.84. The SMILES string of the molecule is CC(C(=O)ON)c1ccc(N)cc1. The van der Waals surface area contributed by atoms with Crippen LogP contribution in [0.25, 0.3) is 0 Å². The predicted molar refractivity (Wildman–Crippen MR) is 49.5 cm³/mol. The molecule has 13 heavy (non-hydrogen) atoms. The van der Waals surface area contributed by atoms with Crippen molar-refractivity contribution in [3.05, 3.63) is 29.8 Å². The molecule has 0 aliphatic rings. The van der Waals surface area contributed by atoms with Crippen LogP contribution >= 0.6 is 0 Å². The van der Waals surface area contributed by atoms with Gasteiger partial charge in [0.05, 0.1) is 5.92 Å². The van der Waals surface area contributed by atoms with Crippen LogP contribution < -0.4 is 11.6 Å². The molecule has 0 aromatic heterocycles. The van der Waals surface area contributed by atoms with E-state index in [0.717, 1.165) is 5.56 Å². The molecule has 4 heteroatoms. The Kier molecular flexibility index (Phi) is 2.87. The molecular weight excluding hydrogens is 168 g/mol. The zero-order valence-electron chi connectivity index (χ0n) is 7.36. The van der Waals surface area contributed by atoms with Crippen molar-refractivity contribution in [3.63, 3.8) is 0 Å². The molecule has 1 atom stereocenters. The summed E-state index contributed by atoms with van der Waals surface area (Å²) in [5.74, 6) is 3.96. The van der Waals surface area contributed by atoms with E-state index in [1.54, 1.807) is 31.2 Å². The van der Waals surface area contributed by atoms with Crippen LogP contribution in [0.3, 0.4) is 0 Å². The highest BCUT2D eigenvalue weighted by molar-refractivity contribution is 5.77. The molecule has 0 saturated carbocycles. The number of anilines is 1. The minimum Gasteiger partial charge on any atom is -0.399 e. The monoisotopic (exact) mass is 180 g/mol. The highest BCUT2D eigenvalue weighted by Crippen LogP contribution is 2.17. The van der Waals surface area contributed by atoms with Crippen molar-refractivity contribution < 1.29 is 9.63 Å². The average Bonchev–Trinajstić information content (AvgIpc) is 2.17. The van der Waals surface area contributed by atoms with Crippen molar-refractivity contribution in [1.82, 2.24) is 0 Å². The van der Waals surface area contributed by atoms with E-state index in [1.807, 2.05) is 0 Å². The van der Waals surface area contributed by atoms with Crippen molar-refractivity contribution >= 4 is 11.7 Å².